The lowest BCUT2D eigenvalue weighted by atomic mass is 9.85. The van der Waals surface area contributed by atoms with Crippen molar-refractivity contribution in [1.29, 1.82) is 0 Å². The third-order valence-electron chi connectivity index (χ3n) is 6.44. The molecule has 2 heterocycles. The first-order valence-electron chi connectivity index (χ1n) is 11.1. The molecule has 2 aliphatic heterocycles. The number of carbonyl (C=O) groups is 3. The number of rotatable bonds is 5. The van der Waals surface area contributed by atoms with E-state index >= 15 is 0 Å². The zero-order chi connectivity index (χ0) is 26.8. The second-order valence-corrected chi connectivity index (χ2v) is 10.0. The van der Waals surface area contributed by atoms with Crippen LogP contribution in [0.15, 0.2) is 42.5 Å². The second-order valence-electron chi connectivity index (χ2n) is 8.52. The number of aryl methyl sites for hydroxylation is 1. The van der Waals surface area contributed by atoms with E-state index in [-0.39, 0.29) is 31.2 Å². The summed E-state index contributed by atoms with van der Waals surface area (Å²) in [6.45, 7) is 4.04. The van der Waals surface area contributed by atoms with E-state index in [0.717, 1.165) is 4.90 Å². The molecule has 0 aromatic heterocycles. The summed E-state index contributed by atoms with van der Waals surface area (Å²) < 4.78 is 19.7. The van der Waals surface area contributed by atoms with Crippen LogP contribution < -0.4 is 9.64 Å². The van der Waals surface area contributed by atoms with Crippen LogP contribution in [0.2, 0.25) is 20.1 Å². The van der Waals surface area contributed by atoms with Crippen LogP contribution in [0.25, 0.3) is 0 Å². The molecule has 0 saturated carbocycles. The summed E-state index contributed by atoms with van der Waals surface area (Å²) in [6, 6.07) is 8.87. The fourth-order valence-electron chi connectivity index (χ4n) is 4.71. The first-order chi connectivity index (χ1) is 17.6. The van der Waals surface area contributed by atoms with Gasteiger partial charge in [-0.15, -0.1) is 0 Å². The van der Waals surface area contributed by atoms with Gasteiger partial charge < -0.3 is 9.64 Å². The van der Waals surface area contributed by atoms with Crippen LogP contribution in [0, 0.1) is 12.7 Å². The average Bonchev–Trinajstić information content (AvgIpc) is 3.13. The Balaban J connectivity index is 1.63. The Bertz CT molecular complexity index is 1450. The van der Waals surface area contributed by atoms with Crippen molar-refractivity contribution in [2.75, 3.05) is 11.5 Å². The van der Waals surface area contributed by atoms with Crippen molar-refractivity contribution < 1.29 is 23.5 Å². The zero-order valence-electron chi connectivity index (χ0n) is 19.3. The number of benzene rings is 3. The van der Waals surface area contributed by atoms with Crippen LogP contribution in [0.3, 0.4) is 0 Å². The quantitative estimate of drug-likeness (QED) is 0.142. The van der Waals surface area contributed by atoms with E-state index in [1.807, 2.05) is 6.92 Å². The predicted octanol–water partition coefficient (Wildman–Crippen LogP) is 6.90. The van der Waals surface area contributed by atoms with Gasteiger partial charge in [0.25, 0.3) is 17.7 Å². The van der Waals surface area contributed by atoms with Crippen LogP contribution in [-0.2, 0) is 4.79 Å². The van der Waals surface area contributed by atoms with Gasteiger partial charge in [-0.05, 0) is 49.2 Å². The molecule has 0 radical (unpaired) electrons. The fraction of sp³-hybridized carbons (Fsp3) is 0.192. The highest BCUT2D eigenvalue weighted by molar-refractivity contribution is 6.55. The summed E-state index contributed by atoms with van der Waals surface area (Å²) >= 11 is 24.8. The molecule has 11 heteroatoms. The maximum absolute atomic E-state index is 14.2. The van der Waals surface area contributed by atoms with E-state index in [0.29, 0.717) is 29.2 Å². The predicted molar refractivity (Wildman–Crippen MR) is 140 cm³/mol. The Morgan fingerprint density at radius 3 is 1.92 bits per heavy atom. The van der Waals surface area contributed by atoms with Gasteiger partial charge in [0.2, 0.25) is 0 Å². The summed E-state index contributed by atoms with van der Waals surface area (Å²) in [6.07, 6.45) is 0. The molecule has 1 fully saturated rings. The summed E-state index contributed by atoms with van der Waals surface area (Å²) in [7, 11) is 0. The molecule has 1 saturated heterocycles. The summed E-state index contributed by atoms with van der Waals surface area (Å²) in [4.78, 5) is 42.8. The number of carbonyl (C=O) groups excluding carboxylic acids is 3. The van der Waals surface area contributed by atoms with Crippen molar-refractivity contribution in [3.63, 3.8) is 0 Å². The second kappa shape index (κ2) is 9.48. The Kier molecular flexibility index (Phi) is 6.61. The molecule has 0 aliphatic carbocycles. The largest absolute Gasteiger partial charge is 0.494 e. The first kappa shape index (κ1) is 25.8. The minimum absolute atomic E-state index is 0.171. The number of imide groups is 1. The Morgan fingerprint density at radius 1 is 0.811 bits per heavy atom. The van der Waals surface area contributed by atoms with Gasteiger partial charge in [0, 0.05) is 0 Å². The number of amides is 3. The number of hydrogen-bond acceptors (Lipinski definition) is 4. The fourth-order valence-corrected chi connectivity index (χ4v) is 5.73. The van der Waals surface area contributed by atoms with Crippen LogP contribution in [0.5, 0.6) is 5.75 Å². The smallest absolute Gasteiger partial charge is 0.264 e. The summed E-state index contributed by atoms with van der Waals surface area (Å²) in [5, 5.41) is -0.798. The third kappa shape index (κ3) is 3.87. The molecule has 0 unspecified atom stereocenters. The average molecular weight is 582 g/mol. The van der Waals surface area contributed by atoms with Crippen LogP contribution in [0.1, 0.15) is 44.8 Å². The SMILES string of the molecule is CCOc1ccc([C@H]2[C@H](N3C(=O)c4c(Cl)c(Cl)c(Cl)c(Cl)c4C3=O)C(=O)N2c2cc(F)ccc2C)cc1. The van der Waals surface area contributed by atoms with Gasteiger partial charge in [-0.3, -0.25) is 19.3 Å². The van der Waals surface area contributed by atoms with E-state index < -0.39 is 35.6 Å². The molecule has 0 N–H and O–H groups in total. The highest BCUT2D eigenvalue weighted by Crippen LogP contribution is 2.49. The Hall–Kier alpha value is -2.84. The molecule has 2 atom stereocenters. The van der Waals surface area contributed by atoms with Crippen molar-refractivity contribution in [1.82, 2.24) is 4.90 Å². The number of halogens is 5. The lowest BCUT2D eigenvalue weighted by Gasteiger charge is -2.50. The lowest BCUT2D eigenvalue weighted by Crippen LogP contribution is -2.67. The maximum atomic E-state index is 14.2. The van der Waals surface area contributed by atoms with E-state index in [1.54, 1.807) is 37.3 Å². The van der Waals surface area contributed by atoms with E-state index in [2.05, 4.69) is 0 Å². The molecule has 5 rings (SSSR count). The van der Waals surface area contributed by atoms with Crippen LogP contribution in [-0.4, -0.2) is 35.3 Å². The normalized spacial score (nSPS) is 18.8. The number of ether oxygens (including phenoxy) is 1. The minimum atomic E-state index is -1.25. The molecule has 37 heavy (non-hydrogen) atoms. The van der Waals surface area contributed by atoms with Gasteiger partial charge in [-0.25, -0.2) is 4.39 Å². The maximum Gasteiger partial charge on any atom is 0.264 e. The topological polar surface area (TPSA) is 66.9 Å². The molecule has 3 aromatic rings. The van der Waals surface area contributed by atoms with E-state index in [4.69, 9.17) is 51.1 Å². The monoisotopic (exact) mass is 580 g/mol. The number of hydrogen-bond donors (Lipinski definition) is 0. The lowest BCUT2D eigenvalue weighted by molar-refractivity contribution is -0.130. The number of nitrogens with zero attached hydrogens (tertiary/aromatic N) is 2. The van der Waals surface area contributed by atoms with Crippen LogP contribution in [0.4, 0.5) is 10.1 Å². The van der Waals surface area contributed by atoms with Crippen LogP contribution >= 0.6 is 46.4 Å². The van der Waals surface area contributed by atoms with Gasteiger partial charge >= 0.3 is 0 Å². The van der Waals surface area contributed by atoms with E-state index in [1.165, 1.54) is 17.0 Å². The molecule has 190 valence electrons. The molecule has 0 spiro atoms. The minimum Gasteiger partial charge on any atom is -0.494 e. The molecule has 3 amide bonds. The molecular weight excluding hydrogens is 565 g/mol. The molecular formula is C26H17Cl4FN2O4. The van der Waals surface area contributed by atoms with Crippen molar-refractivity contribution in [3.8, 4) is 5.75 Å². The van der Waals surface area contributed by atoms with Gasteiger partial charge in [0.05, 0.1) is 49.6 Å². The molecule has 0 bridgehead atoms. The van der Waals surface area contributed by atoms with Gasteiger partial charge in [0.15, 0.2) is 0 Å². The number of β-lactam (4-membered cyclic amide) rings is 1. The van der Waals surface area contributed by atoms with Gasteiger partial charge in [0.1, 0.15) is 17.6 Å². The first-order valence-corrected chi connectivity index (χ1v) is 12.6. The highest BCUT2D eigenvalue weighted by Gasteiger charge is 2.58. The molecule has 3 aromatic carbocycles. The van der Waals surface area contributed by atoms with E-state index in [9.17, 15) is 18.8 Å². The summed E-state index contributed by atoms with van der Waals surface area (Å²) in [5.41, 5.74) is 1.12. The third-order valence-corrected chi connectivity index (χ3v) is 8.24. The Morgan fingerprint density at radius 2 is 1.38 bits per heavy atom. The molecule has 6 nitrogen and oxygen atoms in total. The molecule has 2 aliphatic rings. The highest BCUT2D eigenvalue weighted by atomic mass is 35.5. The Labute approximate surface area is 231 Å². The number of anilines is 1. The summed E-state index contributed by atoms with van der Waals surface area (Å²) in [5.74, 6) is -2.16. The van der Waals surface area contributed by atoms with Crippen molar-refractivity contribution in [2.45, 2.75) is 25.9 Å². The van der Waals surface area contributed by atoms with Crippen molar-refractivity contribution in [2.24, 2.45) is 0 Å². The van der Waals surface area contributed by atoms with Crippen molar-refractivity contribution >= 4 is 69.8 Å². The van der Waals surface area contributed by atoms with Gasteiger partial charge in [-0.1, -0.05) is 64.6 Å². The van der Waals surface area contributed by atoms with Crippen molar-refractivity contribution in [3.05, 3.63) is 90.6 Å². The van der Waals surface area contributed by atoms with Gasteiger partial charge in [-0.2, -0.15) is 0 Å². The number of fused-ring (bicyclic) bond motifs is 1. The zero-order valence-corrected chi connectivity index (χ0v) is 22.3. The standard InChI is InChI=1S/C26H17Cl4FN2O4/c1-3-37-14-8-5-12(6-9-14)22-23(26(36)32(22)15-10-13(31)7-4-11(15)2)33-24(34)16-17(25(33)35)19(28)21(30)20(29)18(16)27/h4-10,22-23H,3H2,1-2H3/t22-,23-/m0/s1.